The summed E-state index contributed by atoms with van der Waals surface area (Å²) in [5, 5.41) is 9.20. The van der Waals surface area contributed by atoms with Crippen molar-refractivity contribution in [2.45, 2.75) is 50.6 Å². The van der Waals surface area contributed by atoms with Crippen LogP contribution in [-0.4, -0.2) is 43.0 Å². The average molecular weight is 382 g/mol. The maximum absolute atomic E-state index is 13.2. The molecule has 2 bridgehead atoms. The summed E-state index contributed by atoms with van der Waals surface area (Å²) >= 11 is 0. The molecule has 1 aromatic carbocycles. The van der Waals surface area contributed by atoms with Gasteiger partial charge in [-0.25, -0.2) is 13.9 Å². The number of carbonyl (C=O) groups excluding carboxylic acids is 1. The smallest absolute Gasteiger partial charge is 0.262 e. The third-order valence-corrected chi connectivity index (χ3v) is 7.70. The number of hydroxylamine groups is 1. The van der Waals surface area contributed by atoms with Gasteiger partial charge in [-0.1, -0.05) is 20.8 Å². The normalized spacial score (nSPS) is 29.0. The SMILES string of the molecule is COc1ccc(S(=O)(=O)N2C3CC(C(C)(C)C)[C@H](C3)[C@@H]2C(=O)NO)cc1. The van der Waals surface area contributed by atoms with Crippen LogP contribution in [-0.2, 0) is 14.8 Å². The summed E-state index contributed by atoms with van der Waals surface area (Å²) in [7, 11) is -2.35. The zero-order valence-corrected chi connectivity index (χ0v) is 16.3. The molecule has 1 aliphatic heterocycles. The first-order valence-corrected chi connectivity index (χ1v) is 10.2. The number of rotatable bonds is 4. The minimum Gasteiger partial charge on any atom is -0.497 e. The lowest BCUT2D eigenvalue weighted by Gasteiger charge is -2.41. The van der Waals surface area contributed by atoms with Gasteiger partial charge in [-0.3, -0.25) is 10.0 Å². The zero-order chi connectivity index (χ0) is 19.3. The summed E-state index contributed by atoms with van der Waals surface area (Å²) in [5.41, 5.74) is 1.63. The highest BCUT2D eigenvalue weighted by Gasteiger charge is 2.60. The molecule has 0 radical (unpaired) electrons. The number of hydrogen-bond acceptors (Lipinski definition) is 5. The van der Waals surface area contributed by atoms with Crippen LogP contribution in [0, 0.1) is 17.3 Å². The van der Waals surface area contributed by atoms with Crippen molar-refractivity contribution in [2.75, 3.05) is 7.11 Å². The quantitative estimate of drug-likeness (QED) is 0.613. The number of carbonyl (C=O) groups is 1. The Labute approximate surface area is 154 Å². The van der Waals surface area contributed by atoms with Crippen molar-refractivity contribution in [1.29, 1.82) is 0 Å². The average Bonchev–Trinajstić information content (AvgIpc) is 3.19. The van der Waals surface area contributed by atoms with Crippen LogP contribution in [0.2, 0.25) is 0 Å². The van der Waals surface area contributed by atoms with Crippen molar-refractivity contribution < 1.29 is 23.2 Å². The third kappa shape index (κ3) is 3.00. The largest absolute Gasteiger partial charge is 0.497 e. The Balaban J connectivity index is 1.99. The minimum absolute atomic E-state index is 0.0383. The van der Waals surface area contributed by atoms with Gasteiger partial charge in [0, 0.05) is 6.04 Å². The van der Waals surface area contributed by atoms with E-state index in [4.69, 9.17) is 4.74 Å². The molecule has 2 aliphatic rings. The monoisotopic (exact) mass is 382 g/mol. The standard InChI is InChI=1S/C18H26N2O5S/c1-18(2,3)15-10-11-9-14(15)16(17(21)19-22)20(11)26(23,24)13-7-5-12(25-4)6-8-13/h5-8,11,14-16,22H,9-10H2,1-4H3,(H,19,21)/t11?,14-,15?,16+/m0/s1. The summed E-state index contributed by atoms with van der Waals surface area (Å²) < 4.78 is 32.8. The Morgan fingerprint density at radius 3 is 2.35 bits per heavy atom. The molecule has 4 atom stereocenters. The van der Waals surface area contributed by atoms with E-state index in [9.17, 15) is 18.4 Å². The van der Waals surface area contributed by atoms with E-state index >= 15 is 0 Å². The second-order valence-corrected chi connectivity index (χ2v) is 10.0. The lowest BCUT2D eigenvalue weighted by atomic mass is 9.71. The van der Waals surface area contributed by atoms with Crippen LogP contribution in [0.5, 0.6) is 5.75 Å². The third-order valence-electron chi connectivity index (χ3n) is 5.75. The summed E-state index contributed by atoms with van der Waals surface area (Å²) in [4.78, 5) is 12.5. The minimum atomic E-state index is -3.86. The van der Waals surface area contributed by atoms with Crippen molar-refractivity contribution >= 4 is 15.9 Å². The van der Waals surface area contributed by atoms with Crippen LogP contribution in [0.1, 0.15) is 33.6 Å². The maximum atomic E-state index is 13.2. The lowest BCUT2D eigenvalue weighted by Crippen LogP contribution is -2.55. The molecule has 3 rings (SSSR count). The number of methoxy groups -OCH3 is 1. The van der Waals surface area contributed by atoms with Crippen molar-refractivity contribution in [3.05, 3.63) is 24.3 Å². The van der Waals surface area contributed by atoms with Crippen molar-refractivity contribution in [3.8, 4) is 5.75 Å². The molecule has 2 fully saturated rings. The molecule has 26 heavy (non-hydrogen) atoms. The van der Waals surface area contributed by atoms with Gasteiger partial charge in [-0.15, -0.1) is 0 Å². The van der Waals surface area contributed by atoms with Gasteiger partial charge in [-0.05, 0) is 54.4 Å². The number of nitrogens with one attached hydrogen (secondary N) is 1. The molecule has 1 aromatic rings. The Bertz CT molecular complexity index is 785. The molecule has 1 saturated carbocycles. The fourth-order valence-corrected chi connectivity index (χ4v) is 6.44. The van der Waals surface area contributed by atoms with Gasteiger partial charge in [0.2, 0.25) is 10.0 Å². The van der Waals surface area contributed by atoms with Crippen LogP contribution in [0.4, 0.5) is 0 Å². The van der Waals surface area contributed by atoms with Gasteiger partial charge in [0.15, 0.2) is 0 Å². The molecule has 8 heteroatoms. The molecule has 7 nitrogen and oxygen atoms in total. The number of ether oxygens (including phenoxy) is 1. The van der Waals surface area contributed by atoms with Crippen molar-refractivity contribution in [1.82, 2.24) is 9.79 Å². The van der Waals surface area contributed by atoms with E-state index in [0.29, 0.717) is 12.2 Å². The van der Waals surface area contributed by atoms with E-state index in [1.165, 1.54) is 23.5 Å². The predicted molar refractivity (Wildman–Crippen MR) is 95.2 cm³/mol. The highest BCUT2D eigenvalue weighted by atomic mass is 32.2. The number of hydrogen-bond donors (Lipinski definition) is 2. The summed E-state index contributed by atoms with van der Waals surface area (Å²) in [6, 6.07) is 5.00. The number of benzene rings is 1. The molecule has 0 spiro atoms. The highest BCUT2D eigenvalue weighted by molar-refractivity contribution is 7.89. The van der Waals surface area contributed by atoms with E-state index in [0.717, 1.165) is 6.42 Å². The first-order chi connectivity index (χ1) is 12.1. The van der Waals surface area contributed by atoms with E-state index in [-0.39, 0.29) is 28.2 Å². The highest BCUT2D eigenvalue weighted by Crippen LogP contribution is 2.54. The molecular weight excluding hydrogens is 356 g/mol. The summed E-state index contributed by atoms with van der Waals surface area (Å²) in [6.07, 6.45) is 1.36. The maximum Gasteiger partial charge on any atom is 0.262 e. The second-order valence-electron chi connectivity index (χ2n) is 8.19. The van der Waals surface area contributed by atoms with Gasteiger partial charge in [-0.2, -0.15) is 4.31 Å². The van der Waals surface area contributed by atoms with Crippen LogP contribution < -0.4 is 10.2 Å². The molecule has 2 unspecified atom stereocenters. The first-order valence-electron chi connectivity index (χ1n) is 8.72. The molecule has 144 valence electrons. The Kier molecular flexibility index (Phi) is 4.79. The number of piperidine rings is 1. The van der Waals surface area contributed by atoms with Crippen LogP contribution >= 0.6 is 0 Å². The molecule has 2 N–H and O–H groups in total. The predicted octanol–water partition coefficient (Wildman–Crippen LogP) is 2.01. The fourth-order valence-electron chi connectivity index (χ4n) is 4.60. The molecule has 1 saturated heterocycles. The molecule has 1 heterocycles. The van der Waals surface area contributed by atoms with Gasteiger partial charge >= 0.3 is 0 Å². The van der Waals surface area contributed by atoms with Crippen LogP contribution in [0.25, 0.3) is 0 Å². The Morgan fingerprint density at radius 1 is 1.23 bits per heavy atom. The van der Waals surface area contributed by atoms with Crippen molar-refractivity contribution in [3.63, 3.8) is 0 Å². The summed E-state index contributed by atoms with van der Waals surface area (Å²) in [6.45, 7) is 6.32. The van der Waals surface area contributed by atoms with Gasteiger partial charge in [0.25, 0.3) is 5.91 Å². The number of sulfonamides is 1. The Morgan fingerprint density at radius 2 is 1.85 bits per heavy atom. The van der Waals surface area contributed by atoms with E-state index in [2.05, 4.69) is 20.8 Å². The second kappa shape index (κ2) is 6.51. The van der Waals surface area contributed by atoms with Crippen LogP contribution in [0.3, 0.4) is 0 Å². The number of fused-ring (bicyclic) bond motifs is 2. The van der Waals surface area contributed by atoms with E-state index in [1.807, 2.05) is 0 Å². The van der Waals surface area contributed by atoms with Crippen molar-refractivity contribution in [2.24, 2.45) is 17.3 Å². The lowest BCUT2D eigenvalue weighted by molar-refractivity contribution is -0.135. The topological polar surface area (TPSA) is 95.9 Å². The van der Waals surface area contributed by atoms with E-state index in [1.54, 1.807) is 17.6 Å². The Hall–Kier alpha value is -1.64. The molecule has 0 aromatic heterocycles. The van der Waals surface area contributed by atoms with Gasteiger partial charge < -0.3 is 4.74 Å². The number of amides is 1. The summed E-state index contributed by atoms with van der Waals surface area (Å²) in [5.74, 6) is 0.00479. The molecule has 1 aliphatic carbocycles. The first kappa shape index (κ1) is 19.1. The van der Waals surface area contributed by atoms with Gasteiger partial charge in [0.1, 0.15) is 11.8 Å². The number of nitrogens with zero attached hydrogens (tertiary/aromatic N) is 1. The van der Waals surface area contributed by atoms with Gasteiger partial charge in [0.05, 0.1) is 12.0 Å². The molecular formula is C18H26N2O5S. The van der Waals surface area contributed by atoms with E-state index < -0.39 is 22.0 Å². The van der Waals surface area contributed by atoms with Crippen LogP contribution in [0.15, 0.2) is 29.2 Å². The zero-order valence-electron chi connectivity index (χ0n) is 15.5. The molecule has 1 amide bonds. The fraction of sp³-hybridized carbons (Fsp3) is 0.611.